The fourth-order valence-corrected chi connectivity index (χ4v) is 0. The first-order valence-electron chi connectivity index (χ1n) is 6.47. The Hall–Kier alpha value is -2.41. The first kappa shape index (κ1) is 28.7. The molecule has 0 saturated carbocycles. The van der Waals surface area contributed by atoms with E-state index in [0.717, 1.165) is 0 Å². The Morgan fingerprint density at radius 1 is 0.739 bits per heavy atom. The van der Waals surface area contributed by atoms with Crippen LogP contribution in [0.4, 0.5) is 0 Å². The maximum Gasteiger partial charge on any atom is 0.330 e. The van der Waals surface area contributed by atoms with Gasteiger partial charge in [-0.1, -0.05) is 33.6 Å². The van der Waals surface area contributed by atoms with Crippen LogP contribution >= 0.6 is 0 Å². The average molecular weight is 332 g/mol. The van der Waals surface area contributed by atoms with Crippen LogP contribution in [0.15, 0.2) is 36.5 Å². The van der Waals surface area contributed by atoms with Crippen molar-refractivity contribution in [1.29, 1.82) is 0 Å². The molecule has 0 aromatic carbocycles. The van der Waals surface area contributed by atoms with Gasteiger partial charge in [0.25, 0.3) is 0 Å². The van der Waals surface area contributed by atoms with Gasteiger partial charge in [-0.05, 0) is 26.7 Å². The van der Waals surface area contributed by atoms with Crippen LogP contribution < -0.4 is 0 Å². The van der Waals surface area contributed by atoms with E-state index in [1.165, 1.54) is 20.8 Å². The van der Waals surface area contributed by atoms with Crippen molar-refractivity contribution in [2.45, 2.75) is 34.6 Å². The summed E-state index contributed by atoms with van der Waals surface area (Å²) >= 11 is 0. The molecule has 0 radical (unpaired) electrons. The molecule has 7 nitrogen and oxygen atoms in total. The summed E-state index contributed by atoms with van der Waals surface area (Å²) in [5, 5.41) is 31.8. The molecule has 0 rings (SSSR count). The molecule has 134 valence electrons. The minimum Gasteiger partial charge on any atom is -0.478 e. The highest BCUT2D eigenvalue weighted by atomic mass is 16.4. The van der Waals surface area contributed by atoms with E-state index >= 15 is 0 Å². The first-order chi connectivity index (χ1) is 10.2. The van der Waals surface area contributed by atoms with Crippen molar-refractivity contribution in [2.24, 2.45) is 5.92 Å². The molecule has 4 N–H and O–H groups in total. The van der Waals surface area contributed by atoms with Crippen molar-refractivity contribution in [3.63, 3.8) is 0 Å². The Bertz CT molecular complexity index is 327. The summed E-state index contributed by atoms with van der Waals surface area (Å²) in [5.41, 5.74) is 0.528. The van der Waals surface area contributed by atoms with Gasteiger partial charge in [0.05, 0.1) is 0 Å². The Morgan fingerprint density at radius 2 is 0.826 bits per heavy atom. The van der Waals surface area contributed by atoms with Crippen LogP contribution in [-0.2, 0) is 14.4 Å². The quantitative estimate of drug-likeness (QED) is 0.582. The van der Waals surface area contributed by atoms with E-state index < -0.39 is 17.9 Å². The fourth-order valence-electron chi connectivity index (χ4n) is 0. The van der Waals surface area contributed by atoms with Crippen molar-refractivity contribution in [1.82, 2.24) is 0 Å². The molecule has 0 heterocycles. The van der Waals surface area contributed by atoms with Gasteiger partial charge in [0.15, 0.2) is 0 Å². The molecule has 0 aliphatic heterocycles. The zero-order valence-electron chi connectivity index (χ0n) is 14.4. The summed E-state index contributed by atoms with van der Waals surface area (Å²) in [6.45, 7) is 18.1. The Balaban J connectivity index is -0.000000105. The first-order valence-corrected chi connectivity index (χ1v) is 6.47. The number of carboxylic acids is 3. The second-order valence-corrected chi connectivity index (χ2v) is 4.83. The molecule has 0 fully saturated rings. The lowest BCUT2D eigenvalue weighted by Gasteiger charge is -1.90. The number of aliphatic hydroxyl groups is 1. The molecule has 0 atom stereocenters. The lowest BCUT2D eigenvalue weighted by atomic mass is 10.2. The number of hydrogen-bond acceptors (Lipinski definition) is 4. The number of carbonyl (C=O) groups is 3. The maximum absolute atomic E-state index is 9.60. The zero-order chi connectivity index (χ0) is 19.7. The van der Waals surface area contributed by atoms with E-state index in [1.807, 2.05) is 13.8 Å². The molecule has 0 bridgehead atoms. The van der Waals surface area contributed by atoms with Crippen LogP contribution in [0.2, 0.25) is 0 Å². The van der Waals surface area contributed by atoms with Gasteiger partial charge in [0.1, 0.15) is 0 Å². The Morgan fingerprint density at radius 3 is 0.826 bits per heavy atom. The summed E-state index contributed by atoms with van der Waals surface area (Å²) in [6, 6.07) is 0. The molecule has 0 saturated heterocycles. The molecular weight excluding hydrogens is 304 g/mol. The summed E-state index contributed by atoms with van der Waals surface area (Å²) in [6.07, 6.45) is 0. The van der Waals surface area contributed by atoms with Crippen molar-refractivity contribution >= 4 is 17.9 Å². The molecule has 0 aromatic rings. The molecule has 7 heteroatoms. The Labute approximate surface area is 137 Å². The summed E-state index contributed by atoms with van der Waals surface area (Å²) in [5.74, 6) is -2.37. The average Bonchev–Trinajstić information content (AvgIpc) is 2.40. The van der Waals surface area contributed by atoms with Crippen molar-refractivity contribution < 1.29 is 34.8 Å². The Kier molecular flexibility index (Phi) is 22.0. The van der Waals surface area contributed by atoms with Gasteiger partial charge in [0, 0.05) is 23.3 Å². The third-order valence-electron chi connectivity index (χ3n) is 1.46. The second kappa shape index (κ2) is 17.6. The molecular formula is C16H28O7. The van der Waals surface area contributed by atoms with Gasteiger partial charge in [-0.15, -0.1) is 0 Å². The molecule has 23 heavy (non-hydrogen) atoms. The summed E-state index contributed by atoms with van der Waals surface area (Å²) in [7, 11) is 0. The van der Waals surface area contributed by atoms with Crippen molar-refractivity contribution in [3.05, 3.63) is 36.5 Å². The number of rotatable bonds is 4. The summed E-state index contributed by atoms with van der Waals surface area (Å²) < 4.78 is 0. The van der Waals surface area contributed by atoms with E-state index in [9.17, 15) is 14.4 Å². The smallest absolute Gasteiger partial charge is 0.330 e. The number of aliphatic hydroxyl groups excluding tert-OH is 1. The van der Waals surface area contributed by atoms with E-state index in [2.05, 4.69) is 19.7 Å². The van der Waals surface area contributed by atoms with Gasteiger partial charge in [-0.25, -0.2) is 14.4 Å². The molecule has 0 aromatic heterocycles. The fraction of sp³-hybridized carbons (Fsp3) is 0.438. The van der Waals surface area contributed by atoms with E-state index in [4.69, 9.17) is 20.4 Å². The minimum absolute atomic E-state index is 0.176. The number of carboxylic acid groups (broad SMARTS) is 3. The van der Waals surface area contributed by atoms with Crippen LogP contribution in [0.3, 0.4) is 0 Å². The van der Waals surface area contributed by atoms with Gasteiger partial charge in [-0.3, -0.25) is 0 Å². The molecule has 0 amide bonds. The molecule has 0 aliphatic rings. The SMILES string of the molecule is C=C(C)C(=O)O.C=C(C)C(=O)O.C=C(C)C(=O)O.CC(C)CO. The number of aliphatic carboxylic acids is 3. The highest BCUT2D eigenvalue weighted by Gasteiger charge is 1.91. The van der Waals surface area contributed by atoms with Crippen molar-refractivity contribution in [3.8, 4) is 0 Å². The normalized spacial score (nSPS) is 7.96. The van der Waals surface area contributed by atoms with Gasteiger partial charge < -0.3 is 20.4 Å². The largest absolute Gasteiger partial charge is 0.478 e. The highest BCUT2D eigenvalue weighted by molar-refractivity contribution is 5.85. The van der Waals surface area contributed by atoms with Crippen LogP contribution in [0.1, 0.15) is 34.6 Å². The lowest BCUT2D eigenvalue weighted by molar-refractivity contribution is -0.133. The van der Waals surface area contributed by atoms with E-state index in [0.29, 0.717) is 12.5 Å². The predicted molar refractivity (Wildman–Crippen MR) is 89.3 cm³/mol. The predicted octanol–water partition coefficient (Wildman–Crippen LogP) is 2.58. The van der Waals surface area contributed by atoms with Gasteiger partial charge in [0.2, 0.25) is 0 Å². The number of hydrogen-bond donors (Lipinski definition) is 4. The second-order valence-electron chi connectivity index (χ2n) is 4.83. The van der Waals surface area contributed by atoms with E-state index in [-0.39, 0.29) is 16.7 Å². The lowest BCUT2D eigenvalue weighted by Crippen LogP contribution is -1.92. The molecule has 0 aliphatic carbocycles. The monoisotopic (exact) mass is 332 g/mol. The van der Waals surface area contributed by atoms with Crippen LogP contribution in [0.5, 0.6) is 0 Å². The third-order valence-corrected chi connectivity index (χ3v) is 1.46. The molecule has 0 unspecified atom stereocenters. The zero-order valence-corrected chi connectivity index (χ0v) is 14.4. The standard InChI is InChI=1S/3C4H6O2.C4H10O/c3*1-3(2)4(5)6;1-4(2)3-5/h3*1H2,2H3,(H,5,6);4-5H,3H2,1-2H3. The van der Waals surface area contributed by atoms with Crippen LogP contribution in [0.25, 0.3) is 0 Å². The minimum atomic E-state index is -0.935. The summed E-state index contributed by atoms with van der Waals surface area (Å²) in [4.78, 5) is 28.8. The topological polar surface area (TPSA) is 132 Å². The van der Waals surface area contributed by atoms with Crippen LogP contribution in [-0.4, -0.2) is 44.9 Å². The van der Waals surface area contributed by atoms with Crippen LogP contribution in [0, 0.1) is 5.92 Å². The van der Waals surface area contributed by atoms with Gasteiger partial charge >= 0.3 is 17.9 Å². The van der Waals surface area contributed by atoms with E-state index in [1.54, 1.807) is 0 Å². The highest BCUT2D eigenvalue weighted by Crippen LogP contribution is 1.83. The van der Waals surface area contributed by atoms with Crippen molar-refractivity contribution in [2.75, 3.05) is 6.61 Å². The maximum atomic E-state index is 9.60. The third kappa shape index (κ3) is 45.1. The van der Waals surface area contributed by atoms with Gasteiger partial charge in [-0.2, -0.15) is 0 Å². The molecule has 0 spiro atoms.